The summed E-state index contributed by atoms with van der Waals surface area (Å²) in [6.45, 7) is 2.97. The quantitative estimate of drug-likeness (QED) is 0.765. The molecule has 6 heteroatoms. The van der Waals surface area contributed by atoms with Crippen LogP contribution in [-0.4, -0.2) is 33.6 Å². The van der Waals surface area contributed by atoms with Crippen molar-refractivity contribution in [1.29, 1.82) is 0 Å². The minimum atomic E-state index is 0.381. The average Bonchev–Trinajstić information content (AvgIpc) is 3.17. The Balaban J connectivity index is 1.75. The fourth-order valence-corrected chi connectivity index (χ4v) is 3.47. The molecule has 0 bridgehead atoms. The second-order valence-corrected chi connectivity index (χ2v) is 6.46. The van der Waals surface area contributed by atoms with Crippen LogP contribution in [0.3, 0.4) is 0 Å². The average molecular weight is 335 g/mol. The predicted molar refractivity (Wildman–Crippen MR) is 96.7 cm³/mol. The molecule has 0 aliphatic carbocycles. The third-order valence-electron chi connectivity index (χ3n) is 4.85. The number of rotatable bonds is 4. The zero-order chi connectivity index (χ0) is 17.2. The highest BCUT2D eigenvalue weighted by atomic mass is 16.5. The van der Waals surface area contributed by atoms with E-state index in [1.165, 1.54) is 5.56 Å². The van der Waals surface area contributed by atoms with Gasteiger partial charge in [0.05, 0.1) is 12.9 Å². The Morgan fingerprint density at radius 2 is 2.20 bits per heavy atom. The van der Waals surface area contributed by atoms with E-state index in [9.17, 15) is 0 Å². The van der Waals surface area contributed by atoms with E-state index < -0.39 is 0 Å². The summed E-state index contributed by atoms with van der Waals surface area (Å²) < 4.78 is 5.96. The number of imidazole rings is 1. The van der Waals surface area contributed by atoms with Crippen molar-refractivity contribution in [2.45, 2.75) is 19.3 Å². The monoisotopic (exact) mass is 335 g/mol. The number of hydrogen-bond donors (Lipinski definition) is 2. The molecule has 0 saturated heterocycles. The molecule has 4 rings (SSSR count). The summed E-state index contributed by atoms with van der Waals surface area (Å²) in [5, 5.41) is 3.13. The van der Waals surface area contributed by atoms with Gasteiger partial charge in [0.25, 0.3) is 0 Å². The molecule has 25 heavy (non-hydrogen) atoms. The molecule has 1 aliphatic rings. The van der Waals surface area contributed by atoms with E-state index in [1.807, 2.05) is 19.4 Å². The van der Waals surface area contributed by atoms with Crippen LogP contribution in [0.5, 0.6) is 5.75 Å². The molecular formula is C19H21N5O. The first-order valence-electron chi connectivity index (χ1n) is 8.48. The summed E-state index contributed by atoms with van der Waals surface area (Å²) in [6.07, 6.45) is 7.95. The summed E-state index contributed by atoms with van der Waals surface area (Å²) in [5.74, 6) is 2.60. The Hall–Kier alpha value is -2.89. The van der Waals surface area contributed by atoms with Gasteiger partial charge in [-0.25, -0.2) is 15.0 Å². The van der Waals surface area contributed by atoms with Crippen LogP contribution in [0.1, 0.15) is 24.1 Å². The molecule has 3 heterocycles. The van der Waals surface area contributed by atoms with Crippen molar-refractivity contribution in [2.75, 3.05) is 19.0 Å². The smallest absolute Gasteiger partial charge is 0.137 e. The van der Waals surface area contributed by atoms with Gasteiger partial charge in [-0.15, -0.1) is 0 Å². The number of hydrogen-bond acceptors (Lipinski definition) is 5. The van der Waals surface area contributed by atoms with Gasteiger partial charge in [-0.05, 0) is 41.5 Å². The maximum atomic E-state index is 5.96. The van der Waals surface area contributed by atoms with Crippen LogP contribution >= 0.6 is 0 Å². The molecule has 0 saturated carbocycles. The van der Waals surface area contributed by atoms with Crippen molar-refractivity contribution in [3.8, 4) is 16.9 Å². The van der Waals surface area contributed by atoms with Gasteiger partial charge in [-0.3, -0.25) is 0 Å². The van der Waals surface area contributed by atoms with Gasteiger partial charge in [0.2, 0.25) is 0 Å². The van der Waals surface area contributed by atoms with Crippen LogP contribution in [0.4, 0.5) is 5.82 Å². The largest absolute Gasteiger partial charge is 0.493 e. The molecule has 2 atom stereocenters. The van der Waals surface area contributed by atoms with E-state index in [-0.39, 0.29) is 0 Å². The van der Waals surface area contributed by atoms with Gasteiger partial charge in [-0.2, -0.15) is 0 Å². The molecule has 3 aromatic rings. The fourth-order valence-electron chi connectivity index (χ4n) is 3.47. The molecule has 2 aromatic heterocycles. The summed E-state index contributed by atoms with van der Waals surface area (Å²) in [5.41, 5.74) is 4.47. The number of anilines is 1. The lowest BCUT2D eigenvalue weighted by Gasteiger charge is -2.31. The predicted octanol–water partition coefficient (Wildman–Crippen LogP) is 3.26. The maximum absolute atomic E-state index is 5.96. The molecule has 0 fully saturated rings. The summed E-state index contributed by atoms with van der Waals surface area (Å²) in [6, 6.07) is 6.34. The first-order chi connectivity index (χ1) is 12.3. The minimum absolute atomic E-state index is 0.381. The van der Waals surface area contributed by atoms with Crippen molar-refractivity contribution < 1.29 is 4.74 Å². The number of H-pyrrole nitrogens is 1. The lowest BCUT2D eigenvalue weighted by atomic mass is 9.81. The third-order valence-corrected chi connectivity index (χ3v) is 4.85. The van der Waals surface area contributed by atoms with E-state index in [0.29, 0.717) is 11.8 Å². The van der Waals surface area contributed by atoms with Crippen molar-refractivity contribution in [1.82, 2.24) is 19.9 Å². The van der Waals surface area contributed by atoms with Crippen molar-refractivity contribution in [2.24, 2.45) is 5.92 Å². The van der Waals surface area contributed by atoms with Gasteiger partial charge in [0, 0.05) is 30.7 Å². The Bertz CT molecular complexity index is 862. The maximum Gasteiger partial charge on any atom is 0.137 e. The zero-order valence-electron chi connectivity index (χ0n) is 14.4. The normalized spacial score (nSPS) is 19.1. The Morgan fingerprint density at radius 1 is 1.28 bits per heavy atom. The summed E-state index contributed by atoms with van der Waals surface area (Å²) in [7, 11) is 1.87. The van der Waals surface area contributed by atoms with Crippen molar-refractivity contribution in [3.05, 3.63) is 54.5 Å². The lowest BCUT2D eigenvalue weighted by molar-refractivity contribution is 0.204. The minimum Gasteiger partial charge on any atom is -0.493 e. The van der Waals surface area contributed by atoms with E-state index in [2.05, 4.69) is 50.4 Å². The number of fused-ring (bicyclic) bond motifs is 1. The summed E-state index contributed by atoms with van der Waals surface area (Å²) in [4.78, 5) is 15.9. The third kappa shape index (κ3) is 2.95. The van der Waals surface area contributed by atoms with Gasteiger partial charge < -0.3 is 15.0 Å². The van der Waals surface area contributed by atoms with Crippen LogP contribution < -0.4 is 10.1 Å². The highest BCUT2D eigenvalue weighted by molar-refractivity contribution is 5.75. The Morgan fingerprint density at radius 3 is 3.00 bits per heavy atom. The molecule has 6 nitrogen and oxygen atoms in total. The van der Waals surface area contributed by atoms with E-state index in [4.69, 9.17) is 4.74 Å². The molecule has 128 valence electrons. The molecular weight excluding hydrogens is 314 g/mol. The first kappa shape index (κ1) is 15.6. The SMILES string of the molecule is CNc1ncncc1-c1ccc2c(c1)[C@@H](Cc1cnc[nH]1)[C@@H](C)CO2. The van der Waals surface area contributed by atoms with Gasteiger partial charge in [0.15, 0.2) is 0 Å². The molecule has 0 radical (unpaired) electrons. The van der Waals surface area contributed by atoms with Gasteiger partial charge >= 0.3 is 0 Å². The summed E-state index contributed by atoms with van der Waals surface area (Å²) >= 11 is 0. The van der Waals surface area contributed by atoms with Crippen LogP contribution in [0.25, 0.3) is 11.1 Å². The van der Waals surface area contributed by atoms with E-state index >= 15 is 0 Å². The number of benzene rings is 1. The second kappa shape index (κ2) is 6.55. The van der Waals surface area contributed by atoms with Gasteiger partial charge in [-0.1, -0.05) is 13.0 Å². The second-order valence-electron chi connectivity index (χ2n) is 6.46. The van der Waals surface area contributed by atoms with Crippen LogP contribution in [-0.2, 0) is 6.42 Å². The molecule has 0 unspecified atom stereocenters. The number of aromatic amines is 1. The molecule has 2 N–H and O–H groups in total. The standard InChI is InChI=1S/C19H21N5O/c1-12-9-25-18-4-3-13(17-8-22-11-24-19(17)20-2)5-16(18)15(12)6-14-7-21-10-23-14/h3-5,7-8,10-12,15H,6,9H2,1-2H3,(H,21,23)(H,20,22,24)/t12-,15-/m0/s1. The number of ether oxygens (including phenoxy) is 1. The topological polar surface area (TPSA) is 75.7 Å². The first-order valence-corrected chi connectivity index (χ1v) is 8.48. The van der Waals surface area contributed by atoms with E-state index in [1.54, 1.807) is 12.7 Å². The number of aromatic nitrogens is 4. The molecule has 0 amide bonds. The highest BCUT2D eigenvalue weighted by Gasteiger charge is 2.29. The van der Waals surface area contributed by atoms with Gasteiger partial charge in [0.1, 0.15) is 17.9 Å². The van der Waals surface area contributed by atoms with Crippen LogP contribution in [0.15, 0.2) is 43.2 Å². The molecule has 1 aliphatic heterocycles. The van der Waals surface area contributed by atoms with Crippen molar-refractivity contribution in [3.63, 3.8) is 0 Å². The Kier molecular flexibility index (Phi) is 4.09. The van der Waals surface area contributed by atoms with Crippen LogP contribution in [0.2, 0.25) is 0 Å². The van der Waals surface area contributed by atoms with Crippen LogP contribution in [0, 0.1) is 5.92 Å². The number of nitrogens with zero attached hydrogens (tertiary/aromatic N) is 3. The zero-order valence-corrected chi connectivity index (χ0v) is 14.4. The fraction of sp³-hybridized carbons (Fsp3) is 0.316. The number of nitrogens with one attached hydrogen (secondary N) is 2. The van der Waals surface area contributed by atoms with E-state index in [0.717, 1.165) is 41.4 Å². The Labute approximate surface area is 146 Å². The van der Waals surface area contributed by atoms with Crippen molar-refractivity contribution >= 4 is 5.82 Å². The molecule has 0 spiro atoms. The lowest BCUT2D eigenvalue weighted by Crippen LogP contribution is -2.25. The highest BCUT2D eigenvalue weighted by Crippen LogP contribution is 2.41. The molecule has 1 aromatic carbocycles.